The molecule has 0 amide bonds. The molecule has 4 aromatic rings. The van der Waals surface area contributed by atoms with E-state index in [0.29, 0.717) is 12.3 Å². The van der Waals surface area contributed by atoms with Crippen molar-refractivity contribution in [2.75, 3.05) is 20.2 Å². The number of carbonyl (C=O) groups is 1. The maximum atomic E-state index is 11.8. The number of carboxylic acids is 1. The summed E-state index contributed by atoms with van der Waals surface area (Å²) in [5.41, 5.74) is 4.18. The molecule has 1 fully saturated rings. The number of benzene rings is 3. The number of aromatic carboxylic acids is 1. The third kappa shape index (κ3) is 5.98. The van der Waals surface area contributed by atoms with Crippen molar-refractivity contribution in [3.05, 3.63) is 89.6 Å². The number of carboxylic acid groups (broad SMARTS) is 1. The molecule has 1 aliphatic rings. The largest absolute Gasteiger partial charge is 0.497 e. The van der Waals surface area contributed by atoms with Crippen LogP contribution in [0.25, 0.3) is 11.1 Å². The van der Waals surface area contributed by atoms with E-state index in [1.165, 1.54) is 42.6 Å². The Balaban J connectivity index is 1.32. The van der Waals surface area contributed by atoms with Gasteiger partial charge in [-0.3, -0.25) is 4.90 Å². The lowest BCUT2D eigenvalue weighted by molar-refractivity contribution is 0.0687. The zero-order chi connectivity index (χ0) is 25.6. The van der Waals surface area contributed by atoms with Crippen LogP contribution in [0.3, 0.4) is 0 Å². The minimum absolute atomic E-state index is 0.0830. The van der Waals surface area contributed by atoms with E-state index in [2.05, 4.69) is 39.5 Å². The topological polar surface area (TPSA) is 89.7 Å². The molecule has 1 aliphatic heterocycles. The highest BCUT2D eigenvalue weighted by molar-refractivity contribution is 5.87. The summed E-state index contributed by atoms with van der Waals surface area (Å²) in [6.07, 6.45) is 3.88. The van der Waals surface area contributed by atoms with Crippen LogP contribution >= 0.6 is 0 Å². The van der Waals surface area contributed by atoms with Gasteiger partial charge in [0.15, 0.2) is 0 Å². The summed E-state index contributed by atoms with van der Waals surface area (Å²) < 4.78 is 12.6. The Hall–Kier alpha value is -4.17. The highest BCUT2D eigenvalue weighted by atomic mass is 16.5. The highest BCUT2D eigenvalue weighted by Gasteiger charge is 2.22. The smallest absolute Gasteiger partial charge is 0.362 e. The maximum absolute atomic E-state index is 11.8. The second-order valence-corrected chi connectivity index (χ2v) is 9.22. The van der Waals surface area contributed by atoms with Crippen LogP contribution in [-0.2, 0) is 13.1 Å². The molecule has 5 rings (SSSR count). The summed E-state index contributed by atoms with van der Waals surface area (Å²) in [5, 5.41) is 17.5. The molecular formula is C29H30N4O4. The first-order chi connectivity index (χ1) is 18.1. The van der Waals surface area contributed by atoms with Gasteiger partial charge < -0.3 is 14.6 Å². The Morgan fingerprint density at radius 3 is 2.30 bits per heavy atom. The third-order valence-corrected chi connectivity index (χ3v) is 6.57. The van der Waals surface area contributed by atoms with E-state index in [1.807, 2.05) is 48.5 Å². The number of hydrogen-bond donors (Lipinski definition) is 1. The van der Waals surface area contributed by atoms with Crippen LogP contribution in [0.15, 0.2) is 72.8 Å². The molecule has 0 spiro atoms. The number of likely N-dealkylation sites (tertiary alicyclic amines) is 1. The fraction of sp³-hybridized carbons (Fsp3) is 0.276. The van der Waals surface area contributed by atoms with Gasteiger partial charge in [-0.2, -0.15) is 0 Å². The van der Waals surface area contributed by atoms with E-state index in [9.17, 15) is 9.90 Å². The van der Waals surface area contributed by atoms with Crippen LogP contribution in [-0.4, -0.2) is 51.2 Å². The van der Waals surface area contributed by atoms with Gasteiger partial charge in [0, 0.05) is 6.54 Å². The van der Waals surface area contributed by atoms with Crippen molar-refractivity contribution >= 4 is 5.97 Å². The monoisotopic (exact) mass is 498 g/mol. The van der Waals surface area contributed by atoms with E-state index >= 15 is 0 Å². The molecule has 0 aliphatic carbocycles. The molecule has 0 bridgehead atoms. The number of rotatable bonds is 9. The van der Waals surface area contributed by atoms with E-state index in [-0.39, 0.29) is 11.6 Å². The summed E-state index contributed by atoms with van der Waals surface area (Å²) >= 11 is 0. The lowest BCUT2D eigenvalue weighted by atomic mass is 10.0. The normalized spacial score (nSPS) is 13.9. The first-order valence-corrected chi connectivity index (χ1v) is 12.5. The lowest BCUT2D eigenvalue weighted by Gasteiger charge is -2.26. The molecule has 0 saturated carbocycles. The van der Waals surface area contributed by atoms with E-state index in [1.54, 1.807) is 7.11 Å². The minimum atomic E-state index is -1.20. The lowest BCUT2D eigenvalue weighted by Crippen LogP contribution is -2.29. The molecule has 3 aromatic carbocycles. The molecule has 190 valence electrons. The fourth-order valence-corrected chi connectivity index (χ4v) is 4.60. The second-order valence-electron chi connectivity index (χ2n) is 9.22. The summed E-state index contributed by atoms with van der Waals surface area (Å²) in [7, 11) is 1.61. The van der Waals surface area contributed by atoms with Crippen molar-refractivity contribution in [1.29, 1.82) is 0 Å². The summed E-state index contributed by atoms with van der Waals surface area (Å²) in [6, 6.07) is 23.7. The Morgan fingerprint density at radius 1 is 0.865 bits per heavy atom. The van der Waals surface area contributed by atoms with Crippen molar-refractivity contribution in [3.8, 4) is 28.5 Å². The summed E-state index contributed by atoms with van der Waals surface area (Å²) in [6.45, 7) is 3.61. The average molecular weight is 499 g/mol. The number of aromatic nitrogens is 3. The van der Waals surface area contributed by atoms with Gasteiger partial charge in [0.1, 0.15) is 11.5 Å². The standard InChI is InChI=1S/C29H30N4O4/c1-36-25-12-8-21(9-13-25)20-33-28(27(29(34)35)30-31-33)37-26-14-10-23(11-15-26)24-7-5-6-22(18-24)19-32-16-3-2-4-17-32/h5-15,18H,2-4,16-17,19-20H2,1H3,(H,34,35). The number of hydrogen-bond acceptors (Lipinski definition) is 6. The zero-order valence-electron chi connectivity index (χ0n) is 20.8. The van der Waals surface area contributed by atoms with Crippen molar-refractivity contribution < 1.29 is 19.4 Å². The third-order valence-electron chi connectivity index (χ3n) is 6.57. The SMILES string of the molecule is COc1ccc(Cn2nnc(C(=O)O)c2Oc2ccc(-c3cccc(CN4CCCCC4)c3)cc2)cc1. The molecule has 8 nitrogen and oxygen atoms in total. The summed E-state index contributed by atoms with van der Waals surface area (Å²) in [5.74, 6) is 0.133. The molecular weight excluding hydrogens is 468 g/mol. The predicted molar refractivity (Wildman–Crippen MR) is 140 cm³/mol. The van der Waals surface area contributed by atoms with Gasteiger partial charge in [-0.05, 0) is 78.5 Å². The van der Waals surface area contributed by atoms with Crippen molar-refractivity contribution in [1.82, 2.24) is 19.9 Å². The first kappa shape index (κ1) is 24.5. The van der Waals surface area contributed by atoms with Crippen LogP contribution in [0.1, 0.15) is 40.9 Å². The van der Waals surface area contributed by atoms with Crippen molar-refractivity contribution in [2.24, 2.45) is 0 Å². The average Bonchev–Trinajstić information content (AvgIpc) is 3.32. The van der Waals surface area contributed by atoms with Crippen LogP contribution < -0.4 is 9.47 Å². The summed E-state index contributed by atoms with van der Waals surface area (Å²) in [4.78, 5) is 14.3. The Kier molecular flexibility index (Phi) is 7.46. The van der Waals surface area contributed by atoms with E-state index in [0.717, 1.165) is 29.0 Å². The van der Waals surface area contributed by atoms with Gasteiger partial charge in [0.25, 0.3) is 5.88 Å². The van der Waals surface area contributed by atoms with Gasteiger partial charge in [-0.25, -0.2) is 9.48 Å². The van der Waals surface area contributed by atoms with Crippen LogP contribution in [0.4, 0.5) is 0 Å². The molecule has 1 saturated heterocycles. The van der Waals surface area contributed by atoms with Crippen LogP contribution in [0.2, 0.25) is 0 Å². The minimum Gasteiger partial charge on any atom is -0.497 e. The van der Waals surface area contributed by atoms with E-state index in [4.69, 9.17) is 9.47 Å². The Morgan fingerprint density at radius 2 is 1.59 bits per heavy atom. The first-order valence-electron chi connectivity index (χ1n) is 12.5. The quantitative estimate of drug-likeness (QED) is 0.327. The molecule has 1 N–H and O–H groups in total. The molecule has 0 unspecified atom stereocenters. The second kappa shape index (κ2) is 11.3. The van der Waals surface area contributed by atoms with Crippen LogP contribution in [0, 0.1) is 0 Å². The Bertz CT molecular complexity index is 1340. The fourth-order valence-electron chi connectivity index (χ4n) is 4.60. The molecule has 0 atom stereocenters. The number of nitrogens with zero attached hydrogens (tertiary/aromatic N) is 4. The number of ether oxygens (including phenoxy) is 2. The number of methoxy groups -OCH3 is 1. The highest BCUT2D eigenvalue weighted by Crippen LogP contribution is 2.29. The predicted octanol–water partition coefficient (Wildman–Crippen LogP) is 5.48. The Labute approximate surface area is 216 Å². The maximum Gasteiger partial charge on any atom is 0.362 e. The van der Waals surface area contributed by atoms with Gasteiger partial charge >= 0.3 is 5.97 Å². The molecule has 8 heteroatoms. The van der Waals surface area contributed by atoms with Crippen molar-refractivity contribution in [2.45, 2.75) is 32.4 Å². The van der Waals surface area contributed by atoms with Gasteiger partial charge in [0.2, 0.25) is 5.69 Å². The number of piperidine rings is 1. The van der Waals surface area contributed by atoms with Gasteiger partial charge in [-0.1, -0.05) is 54.1 Å². The van der Waals surface area contributed by atoms with E-state index < -0.39 is 5.97 Å². The zero-order valence-corrected chi connectivity index (χ0v) is 20.8. The molecule has 0 radical (unpaired) electrons. The van der Waals surface area contributed by atoms with Gasteiger partial charge in [-0.15, -0.1) is 5.10 Å². The van der Waals surface area contributed by atoms with Crippen LogP contribution in [0.5, 0.6) is 17.4 Å². The van der Waals surface area contributed by atoms with Crippen molar-refractivity contribution in [3.63, 3.8) is 0 Å². The van der Waals surface area contributed by atoms with Gasteiger partial charge in [0.05, 0.1) is 13.7 Å². The molecule has 2 heterocycles. The molecule has 1 aromatic heterocycles. The molecule has 37 heavy (non-hydrogen) atoms.